The highest BCUT2D eigenvalue weighted by molar-refractivity contribution is 6.30. The van der Waals surface area contributed by atoms with Gasteiger partial charge in [-0.25, -0.2) is 9.59 Å². The number of anilines is 1. The summed E-state index contributed by atoms with van der Waals surface area (Å²) in [5, 5.41) is 8.08. The lowest BCUT2D eigenvalue weighted by Gasteiger charge is -2.11. The Morgan fingerprint density at radius 3 is 1.84 bits per heavy atom. The van der Waals surface area contributed by atoms with Gasteiger partial charge in [0.2, 0.25) is 0 Å². The summed E-state index contributed by atoms with van der Waals surface area (Å²) in [5.74, 6) is 0. The van der Waals surface area contributed by atoms with E-state index in [2.05, 4.69) is 16.0 Å². The van der Waals surface area contributed by atoms with Crippen LogP contribution in [0, 0.1) is 0 Å². The van der Waals surface area contributed by atoms with Gasteiger partial charge in [0.1, 0.15) is 0 Å². The highest BCUT2D eigenvalue weighted by atomic mass is 35.5. The number of urea groups is 2. The Balaban J connectivity index is 0.000000459. The van der Waals surface area contributed by atoms with Crippen molar-refractivity contribution in [2.75, 3.05) is 33.5 Å². The summed E-state index contributed by atoms with van der Waals surface area (Å²) in [6, 6.07) is 6.66. The number of carbonyl (C=O) groups is 2. The molecule has 0 aliphatic heterocycles. The number of halogens is 1. The van der Waals surface area contributed by atoms with Crippen LogP contribution < -0.4 is 16.0 Å². The second kappa shape index (κ2) is 9.04. The Kier molecular flexibility index (Phi) is 8.12. The molecule has 0 atom stereocenters. The predicted molar refractivity (Wildman–Crippen MR) is 77.7 cm³/mol. The number of nitrogens with zero attached hydrogens (tertiary/aromatic N) is 1. The van der Waals surface area contributed by atoms with Crippen LogP contribution in [-0.4, -0.2) is 45.2 Å². The quantitative estimate of drug-likeness (QED) is 0.738. The molecule has 0 radical (unpaired) electrons. The van der Waals surface area contributed by atoms with Crippen molar-refractivity contribution in [2.45, 2.75) is 0 Å². The smallest absolute Gasteiger partial charge is 0.321 e. The molecule has 0 heterocycles. The van der Waals surface area contributed by atoms with E-state index in [4.69, 9.17) is 11.6 Å². The van der Waals surface area contributed by atoms with Crippen molar-refractivity contribution >= 4 is 29.4 Å². The van der Waals surface area contributed by atoms with Crippen LogP contribution >= 0.6 is 11.6 Å². The number of benzene rings is 1. The highest BCUT2D eigenvalue weighted by Crippen LogP contribution is 2.13. The standard InChI is InChI=1S/C9H11ClN2O.C3H8N2O/c1-12(2)9(13)11-8-5-3-7(10)4-6-8;1-4-3(6)5-2/h3-6H,1-2H3,(H,11,13);1-2H3,(H2,4,5,6). The molecule has 1 rings (SSSR count). The zero-order valence-electron chi connectivity index (χ0n) is 11.5. The van der Waals surface area contributed by atoms with Crippen molar-refractivity contribution in [2.24, 2.45) is 0 Å². The molecule has 6 nitrogen and oxygen atoms in total. The fraction of sp³-hybridized carbons (Fsp3) is 0.333. The van der Waals surface area contributed by atoms with E-state index in [9.17, 15) is 9.59 Å². The summed E-state index contributed by atoms with van der Waals surface area (Å²) in [6.07, 6.45) is 0. The van der Waals surface area contributed by atoms with Crippen molar-refractivity contribution in [1.29, 1.82) is 0 Å². The van der Waals surface area contributed by atoms with Crippen LogP contribution in [0.2, 0.25) is 5.02 Å². The van der Waals surface area contributed by atoms with Gasteiger partial charge in [-0.1, -0.05) is 11.6 Å². The molecule has 0 unspecified atom stereocenters. The lowest BCUT2D eigenvalue weighted by Crippen LogP contribution is -2.28. The van der Waals surface area contributed by atoms with E-state index >= 15 is 0 Å². The van der Waals surface area contributed by atoms with Gasteiger partial charge in [-0.3, -0.25) is 0 Å². The summed E-state index contributed by atoms with van der Waals surface area (Å²) in [7, 11) is 6.51. The minimum atomic E-state index is -0.157. The fourth-order valence-electron chi connectivity index (χ4n) is 0.894. The average Bonchev–Trinajstić information content (AvgIpc) is 2.41. The number of nitrogens with one attached hydrogen (secondary N) is 3. The molecule has 3 N–H and O–H groups in total. The number of hydrogen-bond acceptors (Lipinski definition) is 2. The maximum atomic E-state index is 11.2. The van der Waals surface area contributed by atoms with Gasteiger partial charge in [-0.15, -0.1) is 0 Å². The Bertz CT molecular complexity index is 401. The van der Waals surface area contributed by atoms with Crippen LogP contribution in [-0.2, 0) is 0 Å². The summed E-state index contributed by atoms with van der Waals surface area (Å²) in [4.78, 5) is 22.6. The van der Waals surface area contributed by atoms with Crippen LogP contribution in [0.25, 0.3) is 0 Å². The molecule has 1 aromatic rings. The maximum Gasteiger partial charge on any atom is 0.321 e. The molecule has 106 valence electrons. The Hall–Kier alpha value is -1.95. The van der Waals surface area contributed by atoms with Gasteiger partial charge in [0.05, 0.1) is 0 Å². The summed E-state index contributed by atoms with van der Waals surface area (Å²) < 4.78 is 0. The topological polar surface area (TPSA) is 73.5 Å². The number of hydrogen-bond donors (Lipinski definition) is 3. The Morgan fingerprint density at radius 1 is 1.05 bits per heavy atom. The van der Waals surface area contributed by atoms with E-state index in [0.717, 1.165) is 5.69 Å². The third kappa shape index (κ3) is 7.88. The monoisotopic (exact) mass is 286 g/mol. The van der Waals surface area contributed by atoms with Gasteiger partial charge in [-0.2, -0.15) is 0 Å². The van der Waals surface area contributed by atoms with Crippen LogP contribution in [0.1, 0.15) is 0 Å². The molecule has 0 bridgehead atoms. The molecule has 0 aromatic heterocycles. The van der Waals surface area contributed by atoms with Crippen LogP contribution in [0.5, 0.6) is 0 Å². The number of amides is 4. The SMILES string of the molecule is CN(C)C(=O)Nc1ccc(Cl)cc1.CNC(=O)NC. The van der Waals surface area contributed by atoms with Gasteiger partial charge in [0.15, 0.2) is 0 Å². The van der Waals surface area contributed by atoms with E-state index in [-0.39, 0.29) is 12.1 Å². The van der Waals surface area contributed by atoms with Crippen molar-refractivity contribution in [3.05, 3.63) is 29.3 Å². The van der Waals surface area contributed by atoms with E-state index in [0.29, 0.717) is 5.02 Å². The van der Waals surface area contributed by atoms with Gasteiger partial charge >= 0.3 is 12.1 Å². The zero-order chi connectivity index (χ0) is 14.8. The van der Waals surface area contributed by atoms with E-state index < -0.39 is 0 Å². The van der Waals surface area contributed by atoms with E-state index in [1.54, 1.807) is 52.5 Å². The second-order valence-corrected chi connectivity index (χ2v) is 4.10. The van der Waals surface area contributed by atoms with Gasteiger partial charge in [0.25, 0.3) is 0 Å². The van der Waals surface area contributed by atoms with Gasteiger partial charge < -0.3 is 20.9 Å². The fourth-order valence-corrected chi connectivity index (χ4v) is 1.02. The van der Waals surface area contributed by atoms with Gasteiger partial charge in [0, 0.05) is 38.9 Å². The second-order valence-electron chi connectivity index (χ2n) is 3.66. The minimum absolute atomic E-state index is 0.151. The molecular formula is C12H19ClN4O2. The normalized spacial score (nSPS) is 8.68. The van der Waals surface area contributed by atoms with E-state index in [1.165, 1.54) is 4.90 Å². The van der Waals surface area contributed by atoms with Crippen LogP contribution in [0.4, 0.5) is 15.3 Å². The van der Waals surface area contributed by atoms with E-state index in [1.807, 2.05) is 0 Å². The van der Waals surface area contributed by atoms with Crippen molar-refractivity contribution in [1.82, 2.24) is 15.5 Å². The molecule has 19 heavy (non-hydrogen) atoms. The lowest BCUT2D eigenvalue weighted by atomic mass is 10.3. The highest BCUT2D eigenvalue weighted by Gasteiger charge is 2.02. The first-order chi connectivity index (χ1) is 8.90. The first-order valence-electron chi connectivity index (χ1n) is 5.54. The molecule has 0 saturated carbocycles. The third-order valence-corrected chi connectivity index (χ3v) is 2.21. The molecule has 4 amide bonds. The predicted octanol–water partition coefficient (Wildman–Crippen LogP) is 1.98. The average molecular weight is 287 g/mol. The molecule has 0 spiro atoms. The summed E-state index contributed by atoms with van der Waals surface area (Å²) in [5.41, 5.74) is 0.739. The summed E-state index contributed by atoms with van der Waals surface area (Å²) >= 11 is 5.69. The molecule has 0 aliphatic rings. The largest absolute Gasteiger partial charge is 0.341 e. The molecule has 0 saturated heterocycles. The van der Waals surface area contributed by atoms with Crippen molar-refractivity contribution in [3.8, 4) is 0 Å². The first kappa shape index (κ1) is 17.1. The molecule has 1 aromatic carbocycles. The summed E-state index contributed by atoms with van der Waals surface area (Å²) in [6.45, 7) is 0. The number of carbonyl (C=O) groups excluding carboxylic acids is 2. The van der Waals surface area contributed by atoms with Crippen molar-refractivity contribution < 1.29 is 9.59 Å². The third-order valence-electron chi connectivity index (χ3n) is 1.96. The Morgan fingerprint density at radius 2 is 1.53 bits per heavy atom. The minimum Gasteiger partial charge on any atom is -0.341 e. The zero-order valence-corrected chi connectivity index (χ0v) is 12.2. The van der Waals surface area contributed by atoms with Crippen molar-refractivity contribution in [3.63, 3.8) is 0 Å². The van der Waals surface area contributed by atoms with Crippen LogP contribution in [0.3, 0.4) is 0 Å². The molecular weight excluding hydrogens is 268 g/mol. The lowest BCUT2D eigenvalue weighted by molar-refractivity contribution is 0.230. The maximum absolute atomic E-state index is 11.2. The molecule has 7 heteroatoms. The van der Waals surface area contributed by atoms with Crippen LogP contribution in [0.15, 0.2) is 24.3 Å². The molecule has 0 aliphatic carbocycles. The van der Waals surface area contributed by atoms with Gasteiger partial charge in [-0.05, 0) is 24.3 Å². The molecule has 0 fully saturated rings. The Labute approximate surface area is 118 Å². The number of rotatable bonds is 1. The first-order valence-corrected chi connectivity index (χ1v) is 5.91.